The van der Waals surface area contributed by atoms with Gasteiger partial charge < -0.3 is 10.1 Å². The second-order valence-corrected chi connectivity index (χ2v) is 7.99. The molecule has 1 saturated heterocycles. The van der Waals surface area contributed by atoms with Crippen LogP contribution in [0.5, 0.6) is 5.75 Å². The summed E-state index contributed by atoms with van der Waals surface area (Å²) in [4.78, 5) is 14.8. The van der Waals surface area contributed by atoms with Crippen molar-refractivity contribution in [2.24, 2.45) is 0 Å². The fourth-order valence-corrected chi connectivity index (χ4v) is 3.68. The van der Waals surface area contributed by atoms with Gasteiger partial charge in [-0.05, 0) is 62.7 Å². The van der Waals surface area contributed by atoms with Gasteiger partial charge >= 0.3 is 0 Å². The summed E-state index contributed by atoms with van der Waals surface area (Å²) < 4.78 is 6.56. The number of carbonyl (C=O) groups excluding carboxylic acids is 1. The average molecular weight is 431 g/mol. The van der Waals surface area contributed by atoms with E-state index in [0.29, 0.717) is 12.3 Å². The van der Waals surface area contributed by atoms with E-state index in [0.717, 1.165) is 17.6 Å². The largest absolute Gasteiger partial charge is 0.484 e. The molecule has 4 nitrogen and oxygen atoms in total. The molecule has 0 aromatic heterocycles. The molecule has 0 radical (unpaired) electrons. The molecule has 0 spiro atoms. The molecule has 1 aliphatic heterocycles. The van der Waals surface area contributed by atoms with E-state index in [1.54, 1.807) is 0 Å². The zero-order valence-corrected chi connectivity index (χ0v) is 17.4. The quantitative estimate of drug-likeness (QED) is 0.703. The van der Waals surface area contributed by atoms with E-state index in [9.17, 15) is 4.79 Å². The minimum Gasteiger partial charge on any atom is -0.484 e. The molecule has 1 atom stereocenters. The molecule has 27 heavy (non-hydrogen) atoms. The first-order valence-corrected chi connectivity index (χ1v) is 10.4. The van der Waals surface area contributed by atoms with E-state index in [2.05, 4.69) is 57.3 Å². The standard InChI is InChI=1S/C22H27BrN2O2/c1-17-5-7-18(8-6-17)21(25-13-3-2-4-14-25)15-24-22(26)16-27-20-11-9-19(23)10-12-20/h5-12,21H,2-4,13-16H2,1H3,(H,24,26)/t21-/m0/s1. The highest BCUT2D eigenvalue weighted by Crippen LogP contribution is 2.24. The molecule has 1 amide bonds. The Morgan fingerprint density at radius 1 is 1.07 bits per heavy atom. The molecule has 0 bridgehead atoms. The molecule has 2 aromatic carbocycles. The molecule has 1 fully saturated rings. The SMILES string of the molecule is Cc1ccc([C@H](CNC(=O)COc2ccc(Br)cc2)N2CCCCC2)cc1. The number of carbonyl (C=O) groups is 1. The molecule has 0 aliphatic carbocycles. The van der Waals surface area contributed by atoms with Gasteiger partial charge in [-0.15, -0.1) is 0 Å². The Bertz CT molecular complexity index is 725. The second kappa shape index (κ2) is 9.90. The number of nitrogens with zero attached hydrogens (tertiary/aromatic N) is 1. The second-order valence-electron chi connectivity index (χ2n) is 7.07. The van der Waals surface area contributed by atoms with Gasteiger partial charge in [0.2, 0.25) is 0 Å². The lowest BCUT2D eigenvalue weighted by molar-refractivity contribution is -0.123. The average Bonchev–Trinajstić information content (AvgIpc) is 2.70. The maximum absolute atomic E-state index is 12.3. The van der Waals surface area contributed by atoms with Crippen molar-refractivity contribution < 1.29 is 9.53 Å². The Morgan fingerprint density at radius 3 is 2.41 bits per heavy atom. The van der Waals surface area contributed by atoms with Gasteiger partial charge in [0.15, 0.2) is 6.61 Å². The number of ether oxygens (including phenoxy) is 1. The number of benzene rings is 2. The van der Waals surface area contributed by atoms with Gasteiger partial charge in [-0.2, -0.15) is 0 Å². The molecule has 2 aromatic rings. The van der Waals surface area contributed by atoms with E-state index < -0.39 is 0 Å². The van der Waals surface area contributed by atoms with E-state index in [1.807, 2.05) is 24.3 Å². The monoisotopic (exact) mass is 430 g/mol. The number of hydrogen-bond donors (Lipinski definition) is 1. The van der Waals surface area contributed by atoms with Crippen LogP contribution in [0.15, 0.2) is 53.0 Å². The predicted octanol–water partition coefficient (Wildman–Crippen LogP) is 4.48. The summed E-state index contributed by atoms with van der Waals surface area (Å²) in [6.07, 6.45) is 3.75. The van der Waals surface area contributed by atoms with Gasteiger partial charge in [0.05, 0.1) is 6.04 Å². The molecule has 5 heteroatoms. The highest BCUT2D eigenvalue weighted by Gasteiger charge is 2.22. The molecular formula is C22H27BrN2O2. The van der Waals surface area contributed by atoms with Crippen LogP contribution < -0.4 is 10.1 Å². The van der Waals surface area contributed by atoms with Crippen molar-refractivity contribution in [1.82, 2.24) is 10.2 Å². The number of rotatable bonds is 7. The number of amides is 1. The fraction of sp³-hybridized carbons (Fsp3) is 0.409. The Hall–Kier alpha value is -1.85. The first-order chi connectivity index (χ1) is 13.1. The molecule has 3 rings (SSSR count). The van der Waals surface area contributed by atoms with Crippen LogP contribution in [-0.4, -0.2) is 37.0 Å². The number of likely N-dealkylation sites (tertiary alicyclic amines) is 1. The molecule has 1 aliphatic rings. The Balaban J connectivity index is 1.57. The van der Waals surface area contributed by atoms with Gasteiger partial charge in [-0.1, -0.05) is 52.2 Å². The van der Waals surface area contributed by atoms with Crippen LogP contribution in [0, 0.1) is 6.92 Å². The van der Waals surface area contributed by atoms with Crippen LogP contribution in [0.4, 0.5) is 0 Å². The maximum Gasteiger partial charge on any atom is 0.258 e. The molecule has 1 N–H and O–H groups in total. The summed E-state index contributed by atoms with van der Waals surface area (Å²) >= 11 is 3.39. The first-order valence-electron chi connectivity index (χ1n) is 9.57. The molecular weight excluding hydrogens is 404 g/mol. The number of piperidine rings is 1. The Labute approximate surface area is 170 Å². The third-order valence-electron chi connectivity index (χ3n) is 4.97. The van der Waals surface area contributed by atoms with Crippen molar-refractivity contribution in [3.8, 4) is 5.75 Å². The van der Waals surface area contributed by atoms with Crippen LogP contribution in [-0.2, 0) is 4.79 Å². The van der Waals surface area contributed by atoms with Gasteiger partial charge in [-0.25, -0.2) is 0 Å². The maximum atomic E-state index is 12.3. The van der Waals surface area contributed by atoms with E-state index in [1.165, 1.54) is 30.4 Å². The van der Waals surface area contributed by atoms with E-state index in [4.69, 9.17) is 4.74 Å². The van der Waals surface area contributed by atoms with Crippen LogP contribution >= 0.6 is 15.9 Å². The van der Waals surface area contributed by atoms with Crippen molar-refractivity contribution in [3.63, 3.8) is 0 Å². The van der Waals surface area contributed by atoms with Crippen molar-refractivity contribution in [3.05, 3.63) is 64.1 Å². The normalized spacial score (nSPS) is 15.9. The van der Waals surface area contributed by atoms with E-state index in [-0.39, 0.29) is 18.6 Å². The van der Waals surface area contributed by atoms with E-state index >= 15 is 0 Å². The molecule has 0 saturated carbocycles. The van der Waals surface area contributed by atoms with Crippen LogP contribution in [0.3, 0.4) is 0 Å². The lowest BCUT2D eigenvalue weighted by Crippen LogP contribution is -2.41. The van der Waals surface area contributed by atoms with Crippen LogP contribution in [0.25, 0.3) is 0 Å². The summed E-state index contributed by atoms with van der Waals surface area (Å²) in [5.41, 5.74) is 2.51. The summed E-state index contributed by atoms with van der Waals surface area (Å²) in [6, 6.07) is 16.4. The van der Waals surface area contributed by atoms with Crippen molar-refractivity contribution >= 4 is 21.8 Å². The topological polar surface area (TPSA) is 41.6 Å². The number of nitrogens with one attached hydrogen (secondary N) is 1. The number of aryl methyl sites for hydroxylation is 1. The number of halogens is 1. The lowest BCUT2D eigenvalue weighted by Gasteiger charge is -2.35. The zero-order valence-electron chi connectivity index (χ0n) is 15.8. The van der Waals surface area contributed by atoms with Gasteiger partial charge in [-0.3, -0.25) is 9.69 Å². The molecule has 0 unspecified atom stereocenters. The minimum absolute atomic E-state index is 0.0300. The van der Waals surface area contributed by atoms with Gasteiger partial charge in [0.25, 0.3) is 5.91 Å². The first kappa shape index (κ1) is 19.9. The van der Waals surface area contributed by atoms with Crippen molar-refractivity contribution in [1.29, 1.82) is 0 Å². The highest BCUT2D eigenvalue weighted by molar-refractivity contribution is 9.10. The number of hydrogen-bond acceptors (Lipinski definition) is 3. The summed E-state index contributed by atoms with van der Waals surface area (Å²) in [7, 11) is 0. The third kappa shape index (κ3) is 6.08. The van der Waals surface area contributed by atoms with Gasteiger partial charge in [0, 0.05) is 11.0 Å². The summed E-state index contributed by atoms with van der Waals surface area (Å²) in [5, 5.41) is 3.06. The zero-order chi connectivity index (χ0) is 19.1. The minimum atomic E-state index is -0.0907. The van der Waals surface area contributed by atoms with Crippen LogP contribution in [0.1, 0.15) is 36.4 Å². The van der Waals surface area contributed by atoms with Crippen molar-refractivity contribution in [2.75, 3.05) is 26.2 Å². The summed E-state index contributed by atoms with van der Waals surface area (Å²) in [6.45, 7) is 4.91. The fourth-order valence-electron chi connectivity index (χ4n) is 3.42. The van der Waals surface area contributed by atoms with Crippen molar-refractivity contribution in [2.45, 2.75) is 32.2 Å². The molecule has 1 heterocycles. The smallest absolute Gasteiger partial charge is 0.258 e. The van der Waals surface area contributed by atoms with Gasteiger partial charge in [0.1, 0.15) is 5.75 Å². The highest BCUT2D eigenvalue weighted by atomic mass is 79.9. The predicted molar refractivity (Wildman–Crippen MR) is 112 cm³/mol. The third-order valence-corrected chi connectivity index (χ3v) is 5.50. The molecule has 144 valence electrons. The lowest BCUT2D eigenvalue weighted by atomic mass is 10.0. The summed E-state index contributed by atoms with van der Waals surface area (Å²) in [5.74, 6) is 0.603. The Morgan fingerprint density at radius 2 is 1.74 bits per heavy atom. The van der Waals surface area contributed by atoms with Crippen LogP contribution in [0.2, 0.25) is 0 Å². The Kier molecular flexibility index (Phi) is 7.30.